The van der Waals surface area contributed by atoms with E-state index in [9.17, 15) is 19.8 Å². The maximum absolute atomic E-state index is 12.6. The van der Waals surface area contributed by atoms with Crippen molar-refractivity contribution in [1.29, 1.82) is 0 Å². The maximum Gasteiger partial charge on any atom is 0.305 e. The zero-order valence-electron chi connectivity index (χ0n) is 61.7. The van der Waals surface area contributed by atoms with E-state index in [1.165, 1.54) is 417 Å². The minimum absolute atomic E-state index is 0.0232. The van der Waals surface area contributed by atoms with Crippen LogP contribution in [-0.2, 0) is 14.3 Å². The van der Waals surface area contributed by atoms with E-state index in [4.69, 9.17) is 4.74 Å². The second-order valence-corrected chi connectivity index (χ2v) is 29.2. The Bertz CT molecular complexity index is 1370. The molecule has 0 spiro atoms. The molecule has 0 aliphatic heterocycles. The molecular formula is C84H165NO5. The Kier molecular flexibility index (Phi) is 78.8. The minimum Gasteiger partial charge on any atom is -0.466 e. The van der Waals surface area contributed by atoms with Gasteiger partial charge in [-0.05, 0) is 51.4 Å². The van der Waals surface area contributed by atoms with Crippen LogP contribution >= 0.6 is 0 Å². The van der Waals surface area contributed by atoms with Crippen molar-refractivity contribution in [3.8, 4) is 0 Å². The fraction of sp³-hybridized carbons (Fsp3) is 0.952. The summed E-state index contributed by atoms with van der Waals surface area (Å²) in [4.78, 5) is 24.7. The Morgan fingerprint density at radius 3 is 0.789 bits per heavy atom. The van der Waals surface area contributed by atoms with Crippen molar-refractivity contribution in [1.82, 2.24) is 5.32 Å². The van der Waals surface area contributed by atoms with E-state index in [0.717, 1.165) is 38.5 Å². The van der Waals surface area contributed by atoms with Crippen molar-refractivity contribution in [2.45, 2.75) is 501 Å². The zero-order valence-corrected chi connectivity index (χ0v) is 61.7. The van der Waals surface area contributed by atoms with Gasteiger partial charge in [-0.3, -0.25) is 9.59 Å². The van der Waals surface area contributed by atoms with Gasteiger partial charge in [-0.25, -0.2) is 0 Å². The summed E-state index contributed by atoms with van der Waals surface area (Å²) in [7, 11) is 0. The summed E-state index contributed by atoms with van der Waals surface area (Å²) in [5.74, 6) is -0.00307. The summed E-state index contributed by atoms with van der Waals surface area (Å²) in [6, 6.07) is -0.541. The molecule has 90 heavy (non-hydrogen) atoms. The molecule has 0 saturated heterocycles. The minimum atomic E-state index is -0.664. The van der Waals surface area contributed by atoms with Gasteiger partial charge < -0.3 is 20.3 Å². The average molecular weight is 1270 g/mol. The van der Waals surface area contributed by atoms with Crippen LogP contribution in [0.25, 0.3) is 0 Å². The lowest BCUT2D eigenvalue weighted by atomic mass is 10.0. The number of ether oxygens (including phenoxy) is 1. The third-order valence-electron chi connectivity index (χ3n) is 20.1. The number of rotatable bonds is 80. The molecular weight excluding hydrogens is 1100 g/mol. The van der Waals surface area contributed by atoms with Gasteiger partial charge in [-0.1, -0.05) is 437 Å². The van der Waals surface area contributed by atoms with Gasteiger partial charge in [0.05, 0.1) is 25.4 Å². The highest BCUT2D eigenvalue weighted by atomic mass is 16.5. The van der Waals surface area contributed by atoms with Crippen molar-refractivity contribution >= 4 is 11.9 Å². The number of hydrogen-bond donors (Lipinski definition) is 3. The van der Waals surface area contributed by atoms with Crippen LogP contribution in [0.1, 0.15) is 489 Å². The molecule has 0 aliphatic carbocycles. The van der Waals surface area contributed by atoms with Gasteiger partial charge in [0.1, 0.15) is 0 Å². The van der Waals surface area contributed by atoms with E-state index in [2.05, 4.69) is 31.3 Å². The quantitative estimate of drug-likeness (QED) is 0.0320. The van der Waals surface area contributed by atoms with Crippen molar-refractivity contribution in [3.63, 3.8) is 0 Å². The molecule has 0 fully saturated rings. The largest absolute Gasteiger partial charge is 0.466 e. The summed E-state index contributed by atoms with van der Waals surface area (Å²) in [5, 5.41) is 23.5. The molecule has 2 atom stereocenters. The van der Waals surface area contributed by atoms with Crippen LogP contribution in [0.5, 0.6) is 0 Å². The lowest BCUT2D eigenvalue weighted by Crippen LogP contribution is -2.45. The zero-order chi connectivity index (χ0) is 64.9. The van der Waals surface area contributed by atoms with Gasteiger partial charge in [-0.2, -0.15) is 0 Å². The molecule has 6 nitrogen and oxygen atoms in total. The molecule has 3 N–H and O–H groups in total. The van der Waals surface area contributed by atoms with Gasteiger partial charge in [0, 0.05) is 12.8 Å². The number of carbonyl (C=O) groups is 2. The third-order valence-corrected chi connectivity index (χ3v) is 20.1. The highest BCUT2D eigenvalue weighted by molar-refractivity contribution is 5.76. The van der Waals surface area contributed by atoms with E-state index >= 15 is 0 Å². The Morgan fingerprint density at radius 2 is 0.522 bits per heavy atom. The number of unbranched alkanes of at least 4 members (excludes halogenated alkanes) is 67. The normalized spacial score (nSPS) is 12.4. The summed E-state index contributed by atoms with van der Waals surface area (Å²) in [5.41, 5.74) is 0. The first-order valence-corrected chi connectivity index (χ1v) is 41.9. The van der Waals surface area contributed by atoms with Crippen LogP contribution in [0.3, 0.4) is 0 Å². The van der Waals surface area contributed by atoms with Crippen molar-refractivity contribution in [2.24, 2.45) is 0 Å². The Morgan fingerprint density at radius 1 is 0.300 bits per heavy atom. The van der Waals surface area contributed by atoms with Crippen molar-refractivity contribution in [3.05, 3.63) is 12.2 Å². The van der Waals surface area contributed by atoms with Crippen LogP contribution < -0.4 is 5.32 Å². The molecule has 0 radical (unpaired) electrons. The fourth-order valence-electron chi connectivity index (χ4n) is 13.7. The first-order valence-electron chi connectivity index (χ1n) is 41.9. The molecule has 0 heterocycles. The Labute approximate surface area is 565 Å². The fourth-order valence-corrected chi connectivity index (χ4v) is 13.7. The number of aliphatic hydroxyl groups excluding tert-OH is 2. The van der Waals surface area contributed by atoms with E-state index in [1.54, 1.807) is 0 Å². The molecule has 0 aromatic carbocycles. The standard InChI is InChI=1S/C84H165NO5/c1-3-5-7-9-11-13-15-17-19-21-22-23-24-32-35-38-41-45-48-52-56-60-64-68-72-76-82(87)81(80-86)85-83(88)77-73-69-65-61-57-53-49-46-42-39-36-33-30-28-26-25-27-29-31-34-37-40-43-47-51-55-59-63-67-71-75-79-90-84(89)78-74-70-66-62-58-54-50-44-20-18-16-14-12-10-8-6-4-2/h27,29,81-82,86-87H,3-26,28,30-80H2,1-2H3,(H,85,88)/b29-27-. The van der Waals surface area contributed by atoms with Crippen LogP contribution in [0.2, 0.25) is 0 Å². The summed E-state index contributed by atoms with van der Waals surface area (Å²) < 4.78 is 5.52. The molecule has 0 aromatic rings. The Hall–Kier alpha value is -1.40. The summed E-state index contributed by atoms with van der Waals surface area (Å²) >= 11 is 0. The summed E-state index contributed by atoms with van der Waals surface area (Å²) in [6.45, 7) is 5.02. The second-order valence-electron chi connectivity index (χ2n) is 29.2. The summed E-state index contributed by atoms with van der Waals surface area (Å²) in [6.07, 6.45) is 102. The smallest absolute Gasteiger partial charge is 0.305 e. The van der Waals surface area contributed by atoms with Gasteiger partial charge >= 0.3 is 5.97 Å². The van der Waals surface area contributed by atoms with E-state index in [1.807, 2.05) is 0 Å². The number of hydrogen-bond acceptors (Lipinski definition) is 5. The topological polar surface area (TPSA) is 95.9 Å². The maximum atomic E-state index is 12.6. The van der Waals surface area contributed by atoms with Crippen molar-refractivity contribution in [2.75, 3.05) is 13.2 Å². The number of amides is 1. The molecule has 0 saturated carbocycles. The number of allylic oxidation sites excluding steroid dienone is 2. The molecule has 0 bridgehead atoms. The number of esters is 1. The number of aliphatic hydroxyl groups is 2. The average Bonchev–Trinajstić information content (AvgIpc) is 3.72. The Balaban J connectivity index is 3.35. The molecule has 6 heteroatoms. The molecule has 2 unspecified atom stereocenters. The lowest BCUT2D eigenvalue weighted by Gasteiger charge is -2.22. The van der Waals surface area contributed by atoms with Gasteiger partial charge in [-0.15, -0.1) is 0 Å². The predicted molar refractivity (Wildman–Crippen MR) is 398 cm³/mol. The van der Waals surface area contributed by atoms with Crippen LogP contribution in [0, 0.1) is 0 Å². The molecule has 0 aromatic heterocycles. The van der Waals surface area contributed by atoms with Gasteiger partial charge in [0.15, 0.2) is 0 Å². The monoisotopic (exact) mass is 1270 g/mol. The molecule has 0 rings (SSSR count). The van der Waals surface area contributed by atoms with Gasteiger partial charge in [0.2, 0.25) is 5.91 Å². The van der Waals surface area contributed by atoms with Crippen molar-refractivity contribution < 1.29 is 24.5 Å². The van der Waals surface area contributed by atoms with E-state index < -0.39 is 12.1 Å². The number of carbonyl (C=O) groups excluding carboxylic acids is 2. The molecule has 1 amide bonds. The van der Waals surface area contributed by atoms with Gasteiger partial charge in [0.25, 0.3) is 0 Å². The van der Waals surface area contributed by atoms with E-state index in [0.29, 0.717) is 25.9 Å². The van der Waals surface area contributed by atoms with Crippen LogP contribution in [-0.4, -0.2) is 47.4 Å². The highest BCUT2D eigenvalue weighted by Crippen LogP contribution is 2.21. The van der Waals surface area contributed by atoms with E-state index in [-0.39, 0.29) is 18.5 Å². The second kappa shape index (κ2) is 80.0. The predicted octanol–water partition coefficient (Wildman–Crippen LogP) is 27.8. The SMILES string of the molecule is CCCCCCCCCCCCCCCCCCCCCCCCCCCC(O)C(CO)NC(=O)CCCCCCCCCCCCCCCCC/C=C\CCCCCCCCCCCCCCOC(=O)CCCCCCCCCCCCCCCCCCC. The first-order chi connectivity index (χ1) is 44.5. The number of nitrogens with one attached hydrogen (secondary N) is 1. The molecule has 536 valence electrons. The first kappa shape index (κ1) is 88.6. The van der Waals surface area contributed by atoms with Crippen LogP contribution in [0.15, 0.2) is 12.2 Å². The molecule has 0 aliphatic rings. The van der Waals surface area contributed by atoms with Crippen LogP contribution in [0.4, 0.5) is 0 Å². The highest BCUT2D eigenvalue weighted by Gasteiger charge is 2.20. The lowest BCUT2D eigenvalue weighted by molar-refractivity contribution is -0.143. The third kappa shape index (κ3) is 75.6.